The van der Waals surface area contributed by atoms with Crippen molar-refractivity contribution in [3.63, 3.8) is 0 Å². The van der Waals surface area contributed by atoms with Crippen LogP contribution in [0.25, 0.3) is 0 Å². The van der Waals surface area contributed by atoms with Gasteiger partial charge in [-0.2, -0.15) is 0 Å². The molecule has 0 N–H and O–H groups in total. The predicted molar refractivity (Wildman–Crippen MR) is 84.6 cm³/mol. The smallest absolute Gasteiger partial charge is 0.319 e. The standard InChI is InChI=1S/C18H22O4/c1-4-5-12-18(14(2)19,17(21)22-3)13-11-16(20)15-9-7-6-8-10-15/h4,6-10H,1,5,11-13H2,2-3H3. The molecule has 0 aliphatic carbocycles. The fourth-order valence-corrected chi connectivity index (χ4v) is 2.46. The van der Waals surface area contributed by atoms with Crippen LogP contribution >= 0.6 is 0 Å². The van der Waals surface area contributed by atoms with Crippen LogP contribution < -0.4 is 0 Å². The van der Waals surface area contributed by atoms with Crippen LogP contribution in [-0.2, 0) is 14.3 Å². The molecule has 1 rings (SSSR count). The quantitative estimate of drug-likeness (QED) is 0.304. The summed E-state index contributed by atoms with van der Waals surface area (Å²) in [5, 5.41) is 0. The van der Waals surface area contributed by atoms with Crippen LogP contribution in [0.5, 0.6) is 0 Å². The Balaban J connectivity index is 2.92. The summed E-state index contributed by atoms with van der Waals surface area (Å²) >= 11 is 0. The second kappa shape index (κ2) is 8.27. The van der Waals surface area contributed by atoms with Crippen molar-refractivity contribution in [2.45, 2.75) is 32.6 Å². The summed E-state index contributed by atoms with van der Waals surface area (Å²) in [7, 11) is 1.26. The normalized spacial score (nSPS) is 13.0. The Morgan fingerprint density at radius 2 is 1.82 bits per heavy atom. The number of benzene rings is 1. The number of ketones is 2. The minimum Gasteiger partial charge on any atom is -0.468 e. The van der Waals surface area contributed by atoms with Crippen LogP contribution in [0.3, 0.4) is 0 Å². The third-order valence-electron chi connectivity index (χ3n) is 3.90. The lowest BCUT2D eigenvalue weighted by molar-refractivity contribution is -0.158. The van der Waals surface area contributed by atoms with Gasteiger partial charge >= 0.3 is 5.97 Å². The first-order chi connectivity index (χ1) is 10.5. The molecule has 0 aliphatic rings. The van der Waals surface area contributed by atoms with Crippen LogP contribution in [0, 0.1) is 5.41 Å². The fourth-order valence-electron chi connectivity index (χ4n) is 2.46. The van der Waals surface area contributed by atoms with Gasteiger partial charge in [0.25, 0.3) is 0 Å². The van der Waals surface area contributed by atoms with E-state index >= 15 is 0 Å². The van der Waals surface area contributed by atoms with Crippen molar-refractivity contribution < 1.29 is 19.1 Å². The molecule has 0 spiro atoms. The summed E-state index contributed by atoms with van der Waals surface area (Å²) in [6, 6.07) is 8.83. The van der Waals surface area contributed by atoms with E-state index in [2.05, 4.69) is 6.58 Å². The number of ether oxygens (including phenoxy) is 1. The van der Waals surface area contributed by atoms with Gasteiger partial charge in [0.1, 0.15) is 11.2 Å². The van der Waals surface area contributed by atoms with Crippen LogP contribution in [-0.4, -0.2) is 24.6 Å². The molecular weight excluding hydrogens is 280 g/mol. The Bertz CT molecular complexity index is 547. The van der Waals surface area contributed by atoms with E-state index in [4.69, 9.17) is 4.74 Å². The minimum atomic E-state index is -1.27. The average molecular weight is 302 g/mol. The first-order valence-electron chi connectivity index (χ1n) is 7.26. The zero-order valence-corrected chi connectivity index (χ0v) is 13.1. The second-order valence-corrected chi connectivity index (χ2v) is 5.25. The molecular formula is C18H22O4. The highest BCUT2D eigenvalue weighted by atomic mass is 16.5. The van der Waals surface area contributed by atoms with Gasteiger partial charge in [-0.15, -0.1) is 6.58 Å². The number of carbonyl (C=O) groups excluding carboxylic acids is 3. The second-order valence-electron chi connectivity index (χ2n) is 5.25. The van der Waals surface area contributed by atoms with Crippen molar-refractivity contribution >= 4 is 17.5 Å². The zero-order chi connectivity index (χ0) is 16.6. The van der Waals surface area contributed by atoms with Crippen LogP contribution in [0.15, 0.2) is 43.0 Å². The maximum absolute atomic E-state index is 12.2. The first kappa shape index (κ1) is 17.8. The molecule has 118 valence electrons. The predicted octanol–water partition coefficient (Wildman–Crippen LogP) is 3.36. The van der Waals surface area contributed by atoms with E-state index in [-0.39, 0.29) is 24.4 Å². The Morgan fingerprint density at radius 3 is 2.32 bits per heavy atom. The molecule has 0 heterocycles. The molecule has 0 fully saturated rings. The number of Topliss-reactive ketones (excluding diaryl/α,β-unsaturated/α-hetero) is 2. The van der Waals surface area contributed by atoms with E-state index in [1.54, 1.807) is 30.3 Å². The number of esters is 1. The number of rotatable bonds is 9. The zero-order valence-electron chi connectivity index (χ0n) is 13.1. The molecule has 1 atom stereocenters. The molecule has 0 aromatic heterocycles. The average Bonchev–Trinajstić information content (AvgIpc) is 2.54. The summed E-state index contributed by atoms with van der Waals surface area (Å²) in [5.41, 5.74) is -0.693. The Morgan fingerprint density at radius 1 is 1.18 bits per heavy atom. The largest absolute Gasteiger partial charge is 0.468 e. The molecule has 1 aromatic carbocycles. The summed E-state index contributed by atoms with van der Waals surface area (Å²) in [6.45, 7) is 4.99. The van der Waals surface area contributed by atoms with Crippen LogP contribution in [0.2, 0.25) is 0 Å². The minimum absolute atomic E-state index is 0.0891. The topological polar surface area (TPSA) is 60.4 Å². The van der Waals surface area contributed by atoms with Gasteiger partial charge in [0, 0.05) is 12.0 Å². The van der Waals surface area contributed by atoms with Crippen molar-refractivity contribution in [1.82, 2.24) is 0 Å². The van der Waals surface area contributed by atoms with Gasteiger partial charge < -0.3 is 4.74 Å². The first-order valence-corrected chi connectivity index (χ1v) is 7.26. The van der Waals surface area contributed by atoms with Crippen molar-refractivity contribution in [3.05, 3.63) is 48.6 Å². The third-order valence-corrected chi connectivity index (χ3v) is 3.90. The lowest BCUT2D eigenvalue weighted by atomic mass is 9.75. The number of carbonyl (C=O) groups is 3. The highest BCUT2D eigenvalue weighted by Gasteiger charge is 2.43. The molecule has 1 aromatic rings. The lowest BCUT2D eigenvalue weighted by Gasteiger charge is -2.27. The van der Waals surface area contributed by atoms with Gasteiger partial charge in [-0.25, -0.2) is 0 Å². The maximum Gasteiger partial charge on any atom is 0.319 e. The van der Waals surface area contributed by atoms with Gasteiger partial charge in [0.15, 0.2) is 5.78 Å². The van der Waals surface area contributed by atoms with E-state index in [9.17, 15) is 14.4 Å². The van der Waals surface area contributed by atoms with Crippen molar-refractivity contribution in [2.75, 3.05) is 7.11 Å². The van der Waals surface area contributed by atoms with E-state index in [1.807, 2.05) is 6.07 Å². The fraction of sp³-hybridized carbons (Fsp3) is 0.389. The molecule has 0 aliphatic heterocycles. The number of allylic oxidation sites excluding steroid dienone is 1. The molecule has 22 heavy (non-hydrogen) atoms. The summed E-state index contributed by atoms with van der Waals surface area (Å²) in [4.78, 5) is 36.4. The monoisotopic (exact) mass is 302 g/mol. The van der Waals surface area contributed by atoms with E-state index < -0.39 is 11.4 Å². The highest BCUT2D eigenvalue weighted by molar-refractivity contribution is 6.04. The molecule has 1 unspecified atom stereocenters. The summed E-state index contributed by atoms with van der Waals surface area (Å²) < 4.78 is 4.81. The summed E-state index contributed by atoms with van der Waals surface area (Å²) in [5.74, 6) is -0.946. The Labute approximate surface area is 131 Å². The van der Waals surface area contributed by atoms with Crippen molar-refractivity contribution in [3.8, 4) is 0 Å². The number of hydrogen-bond donors (Lipinski definition) is 0. The molecule has 0 bridgehead atoms. The molecule has 0 saturated heterocycles. The molecule has 4 nitrogen and oxygen atoms in total. The van der Waals surface area contributed by atoms with E-state index in [0.29, 0.717) is 18.4 Å². The van der Waals surface area contributed by atoms with Gasteiger partial charge in [-0.3, -0.25) is 14.4 Å². The van der Waals surface area contributed by atoms with Gasteiger partial charge in [-0.1, -0.05) is 36.4 Å². The summed E-state index contributed by atoms with van der Waals surface area (Å²) in [6.07, 6.45) is 2.74. The van der Waals surface area contributed by atoms with Crippen molar-refractivity contribution in [1.29, 1.82) is 0 Å². The van der Waals surface area contributed by atoms with Gasteiger partial charge in [0.2, 0.25) is 0 Å². The highest BCUT2D eigenvalue weighted by Crippen LogP contribution is 2.33. The molecule has 4 heteroatoms. The number of methoxy groups -OCH3 is 1. The van der Waals surface area contributed by atoms with E-state index in [0.717, 1.165) is 0 Å². The number of hydrogen-bond acceptors (Lipinski definition) is 4. The maximum atomic E-state index is 12.2. The lowest BCUT2D eigenvalue weighted by Crippen LogP contribution is -2.39. The molecule has 0 amide bonds. The Kier molecular flexibility index (Phi) is 6.70. The van der Waals surface area contributed by atoms with Crippen LogP contribution in [0.4, 0.5) is 0 Å². The van der Waals surface area contributed by atoms with Gasteiger partial charge in [0.05, 0.1) is 7.11 Å². The van der Waals surface area contributed by atoms with Crippen LogP contribution in [0.1, 0.15) is 43.0 Å². The van der Waals surface area contributed by atoms with E-state index in [1.165, 1.54) is 14.0 Å². The molecule has 0 saturated carbocycles. The third kappa shape index (κ3) is 4.13. The van der Waals surface area contributed by atoms with Crippen molar-refractivity contribution in [2.24, 2.45) is 5.41 Å². The SMILES string of the molecule is C=CCCC(CCC(=O)c1ccccc1)(C(C)=O)C(=O)OC. The Hall–Kier alpha value is -2.23. The van der Waals surface area contributed by atoms with Gasteiger partial charge in [-0.05, 0) is 26.2 Å². The molecule has 0 radical (unpaired) electrons.